The van der Waals surface area contributed by atoms with Gasteiger partial charge in [0.2, 0.25) is 0 Å². The summed E-state index contributed by atoms with van der Waals surface area (Å²) in [6, 6.07) is 30.7. The zero-order valence-corrected chi connectivity index (χ0v) is 29.2. The summed E-state index contributed by atoms with van der Waals surface area (Å²) in [7, 11) is 0. The third kappa shape index (κ3) is 7.83. The molecule has 5 rings (SSSR count). The fourth-order valence-electron chi connectivity index (χ4n) is 5.49. The number of hydrogen-bond donors (Lipinski definition) is 0. The molecule has 0 spiro atoms. The van der Waals surface area contributed by atoms with Gasteiger partial charge in [-0.15, -0.1) is 12.1 Å². The van der Waals surface area contributed by atoms with Crippen molar-refractivity contribution in [2.24, 2.45) is 5.41 Å². The Morgan fingerprint density at radius 2 is 1.30 bits per heavy atom. The van der Waals surface area contributed by atoms with E-state index in [1.54, 1.807) is 0 Å². The predicted molar refractivity (Wildman–Crippen MR) is 188 cm³/mol. The first-order valence-corrected chi connectivity index (χ1v) is 14.3. The van der Waals surface area contributed by atoms with E-state index in [2.05, 4.69) is 101 Å². The summed E-state index contributed by atoms with van der Waals surface area (Å²) in [4.78, 5) is 0. The van der Waals surface area contributed by atoms with E-state index >= 15 is 0 Å². The number of fused-ring (bicyclic) bond motifs is 1. The van der Waals surface area contributed by atoms with Gasteiger partial charge in [0.1, 0.15) is 0 Å². The van der Waals surface area contributed by atoms with Crippen LogP contribution in [-0.4, -0.2) is 4.57 Å². The monoisotopic (exact) mass is 642 g/mol. The molecule has 2 heteroatoms. The number of rotatable bonds is 6. The van der Waals surface area contributed by atoms with Gasteiger partial charge >= 0.3 is 0 Å². The minimum atomic E-state index is -0.0303. The van der Waals surface area contributed by atoms with E-state index in [0.29, 0.717) is 0 Å². The SMILES string of the molecule is C.C=CC1=C(C=C)C(C)(C)C(C)=C1/C=C(\C)n1c(C)c(C=C)c2ccccc21.CC.[Y].[c-]1ccccc1-c1[c-]cccc1. The first-order chi connectivity index (χ1) is 19.8. The maximum atomic E-state index is 4.07. The van der Waals surface area contributed by atoms with E-state index in [4.69, 9.17) is 0 Å². The molecule has 1 nitrogen and oxygen atoms in total. The Labute approximate surface area is 287 Å². The molecule has 0 unspecified atom stereocenters. The summed E-state index contributed by atoms with van der Waals surface area (Å²) in [5, 5.41) is 1.24. The van der Waals surface area contributed by atoms with Crippen molar-refractivity contribution in [2.75, 3.05) is 0 Å². The molecule has 3 aromatic carbocycles. The molecule has 0 fully saturated rings. The summed E-state index contributed by atoms with van der Waals surface area (Å²) < 4.78 is 2.33. The Kier molecular flexibility index (Phi) is 15.1. The van der Waals surface area contributed by atoms with Crippen molar-refractivity contribution < 1.29 is 32.7 Å². The summed E-state index contributed by atoms with van der Waals surface area (Å²) in [5.74, 6) is 0. The van der Waals surface area contributed by atoms with E-state index in [1.807, 2.05) is 80.6 Å². The van der Waals surface area contributed by atoms with Gasteiger partial charge in [-0.1, -0.05) is 96.9 Å². The molecule has 221 valence electrons. The van der Waals surface area contributed by atoms with Crippen LogP contribution in [0.2, 0.25) is 0 Å². The number of benzene rings is 3. The van der Waals surface area contributed by atoms with Crippen LogP contribution in [0.15, 0.2) is 133 Å². The first kappa shape index (κ1) is 37.8. The Hall–Kier alpha value is -3.26. The van der Waals surface area contributed by atoms with Gasteiger partial charge in [0.05, 0.1) is 5.52 Å². The van der Waals surface area contributed by atoms with Crippen molar-refractivity contribution in [1.29, 1.82) is 0 Å². The fraction of sp³-hybridized carbons (Fsp3) is 0.220. The molecule has 1 radical (unpaired) electrons. The smallest absolute Gasteiger partial charge is 0.0534 e. The van der Waals surface area contributed by atoms with Gasteiger partial charge in [-0.2, -0.15) is 48.5 Å². The largest absolute Gasteiger partial charge is 0.317 e. The Bertz CT molecular complexity index is 1590. The van der Waals surface area contributed by atoms with Crippen LogP contribution in [0, 0.1) is 24.5 Å². The van der Waals surface area contributed by atoms with Crippen molar-refractivity contribution >= 4 is 22.7 Å². The number of aromatic nitrogens is 1. The predicted octanol–water partition coefficient (Wildman–Crippen LogP) is 12.1. The van der Waals surface area contributed by atoms with Crippen LogP contribution in [0.3, 0.4) is 0 Å². The minimum absolute atomic E-state index is 0. The van der Waals surface area contributed by atoms with Crippen molar-refractivity contribution in [3.8, 4) is 11.1 Å². The molecular formula is C41H47NY-2. The second kappa shape index (κ2) is 17.1. The topological polar surface area (TPSA) is 4.93 Å². The molecule has 1 heterocycles. The number of allylic oxidation sites excluding steroid dienone is 8. The van der Waals surface area contributed by atoms with Crippen LogP contribution < -0.4 is 0 Å². The van der Waals surface area contributed by atoms with Gasteiger partial charge in [0.15, 0.2) is 0 Å². The zero-order valence-electron chi connectivity index (χ0n) is 26.4. The average molecular weight is 643 g/mol. The van der Waals surface area contributed by atoms with Gasteiger partial charge in [0, 0.05) is 60.5 Å². The third-order valence-corrected chi connectivity index (χ3v) is 7.78. The Balaban J connectivity index is 0.000000485. The second-order valence-electron chi connectivity index (χ2n) is 10.3. The van der Waals surface area contributed by atoms with Crippen LogP contribution in [-0.2, 0) is 32.7 Å². The maximum Gasteiger partial charge on any atom is 0.0534 e. The minimum Gasteiger partial charge on any atom is -0.317 e. The van der Waals surface area contributed by atoms with E-state index in [9.17, 15) is 0 Å². The van der Waals surface area contributed by atoms with Crippen LogP contribution in [0.5, 0.6) is 0 Å². The quantitative estimate of drug-likeness (QED) is 0.185. The van der Waals surface area contributed by atoms with Crippen molar-refractivity contribution in [3.05, 3.63) is 156 Å². The summed E-state index contributed by atoms with van der Waals surface area (Å²) in [5.41, 5.74) is 12.0. The molecular weight excluding hydrogens is 595 g/mol. The summed E-state index contributed by atoms with van der Waals surface area (Å²) >= 11 is 0. The first-order valence-electron chi connectivity index (χ1n) is 14.3. The molecule has 0 saturated carbocycles. The van der Waals surface area contributed by atoms with Gasteiger partial charge < -0.3 is 4.57 Å². The molecule has 1 aliphatic carbocycles. The average Bonchev–Trinajstić information content (AvgIpc) is 3.40. The second-order valence-corrected chi connectivity index (χ2v) is 10.3. The van der Waals surface area contributed by atoms with Crippen molar-refractivity contribution in [3.63, 3.8) is 0 Å². The third-order valence-electron chi connectivity index (χ3n) is 7.78. The molecule has 43 heavy (non-hydrogen) atoms. The molecule has 0 saturated heterocycles. The summed E-state index contributed by atoms with van der Waals surface area (Å²) in [6.07, 6.45) is 8.18. The van der Waals surface area contributed by atoms with Crippen molar-refractivity contribution in [2.45, 2.75) is 55.9 Å². The standard InChI is InChI=1S/C26H29N.C12H8.C2H6.CH4.Y/c1-9-20-19(6)27(25-15-13-12-14-22(20)25)17(4)16-23-18(5)26(7,8)24(11-3)21(23)10-2;1-3-7-11(8-4-1)12-9-5-2-6-10-12;1-2;;/h9-16H,1-3H2,4-8H3;1-7,9H;1-2H3;1H4;/q;-2;;;/b17-16+;;;;. The van der Waals surface area contributed by atoms with Gasteiger partial charge in [0.25, 0.3) is 0 Å². The van der Waals surface area contributed by atoms with Gasteiger partial charge in [-0.25, -0.2) is 11.1 Å². The number of nitrogens with zero attached hydrogens (tertiary/aromatic N) is 1. The number of hydrogen-bond acceptors (Lipinski definition) is 0. The van der Waals surface area contributed by atoms with Crippen LogP contribution in [0.1, 0.15) is 60.2 Å². The zero-order chi connectivity index (χ0) is 30.2. The molecule has 1 aliphatic rings. The van der Waals surface area contributed by atoms with Crippen LogP contribution in [0.4, 0.5) is 0 Å². The Morgan fingerprint density at radius 1 is 0.767 bits per heavy atom. The molecule has 0 aliphatic heterocycles. The van der Waals surface area contributed by atoms with E-state index in [0.717, 1.165) is 11.1 Å². The molecule has 1 aromatic heterocycles. The van der Waals surface area contributed by atoms with Crippen LogP contribution >= 0.6 is 0 Å². The molecule has 0 amide bonds. The van der Waals surface area contributed by atoms with Gasteiger partial charge in [-0.3, -0.25) is 0 Å². The normalized spacial score (nSPS) is 13.5. The summed E-state index contributed by atoms with van der Waals surface area (Å²) in [6.45, 7) is 27.2. The molecule has 0 bridgehead atoms. The van der Waals surface area contributed by atoms with Crippen molar-refractivity contribution in [1.82, 2.24) is 4.57 Å². The van der Waals surface area contributed by atoms with E-state index in [1.165, 1.54) is 50.1 Å². The van der Waals surface area contributed by atoms with Gasteiger partial charge in [-0.05, 0) is 49.6 Å². The Morgan fingerprint density at radius 3 is 1.77 bits per heavy atom. The van der Waals surface area contributed by atoms with Crippen LogP contribution in [0.25, 0.3) is 33.8 Å². The number of para-hydroxylation sites is 1. The van der Waals surface area contributed by atoms with E-state index < -0.39 is 0 Å². The van der Waals surface area contributed by atoms with E-state index in [-0.39, 0.29) is 45.6 Å². The maximum absolute atomic E-state index is 4.07. The molecule has 0 atom stereocenters. The molecule has 4 aromatic rings. The fourth-order valence-corrected chi connectivity index (χ4v) is 5.49. The molecule has 0 N–H and O–H groups in total.